The number of ether oxygens (including phenoxy) is 2. The lowest BCUT2D eigenvalue weighted by atomic mass is 9.80. The zero-order valence-corrected chi connectivity index (χ0v) is 29.7. The van der Waals surface area contributed by atoms with E-state index in [9.17, 15) is 20.1 Å². The van der Waals surface area contributed by atoms with Crippen molar-refractivity contribution in [2.45, 2.75) is 82.6 Å². The van der Waals surface area contributed by atoms with E-state index in [2.05, 4.69) is 48.7 Å². The molecule has 1 saturated carbocycles. The Morgan fingerprint density at radius 3 is 2.46 bits per heavy atom. The number of quaternary nitrogens is 1. The Labute approximate surface area is 297 Å². The van der Waals surface area contributed by atoms with Gasteiger partial charge in [-0.15, -0.1) is 0 Å². The fraction of sp³-hybridized carbons (Fsp3) is 0.537. The third-order valence-corrected chi connectivity index (χ3v) is 11.8. The molecule has 1 unspecified atom stereocenters. The minimum Gasteiger partial charge on any atom is -0.506 e. The molecule has 50 heavy (non-hydrogen) atoms. The minimum absolute atomic E-state index is 0.00284. The van der Waals surface area contributed by atoms with Crippen LogP contribution in [0, 0.1) is 18.8 Å². The van der Waals surface area contributed by atoms with Gasteiger partial charge in [0.2, 0.25) is 6.41 Å². The standard InChI is InChI=1S/C41H55N3O6/c1-29-23-32(30(2)42-25-38(47)33-13-15-37(46)36(24-33)43-28-45)14-16-39(29)49-22-8-19-44-20-17-31(18-21-44)40(26-44)50-27-41(48,35-11-6-7-12-35)34-9-4-3-5-10-34/h3-5,9-10,13-16,23-24,28,30-31,35,38,40,42,47-48H,6-8,11-12,17-22,25-27H2,1-2H3,(H-,43,45,46)/p+1/t30-,31?,38+,40+,41?,44?/m1/s1. The van der Waals surface area contributed by atoms with E-state index in [1.807, 2.05) is 24.3 Å². The maximum atomic E-state index is 12.0. The zero-order chi connectivity index (χ0) is 35.1. The lowest BCUT2D eigenvalue weighted by molar-refractivity contribution is -0.946. The number of aliphatic hydroxyl groups excluding tert-OH is 1. The Morgan fingerprint density at radius 2 is 1.74 bits per heavy atom. The number of phenolic OH excluding ortho intramolecular Hbond substituents is 1. The summed E-state index contributed by atoms with van der Waals surface area (Å²) >= 11 is 0. The number of nitrogens with one attached hydrogen (secondary N) is 2. The summed E-state index contributed by atoms with van der Waals surface area (Å²) in [6.45, 7) is 9.99. The lowest BCUT2D eigenvalue weighted by Gasteiger charge is -2.53. The molecule has 3 aromatic rings. The number of piperidine rings is 3. The number of amides is 1. The first-order valence-corrected chi connectivity index (χ1v) is 18.6. The minimum atomic E-state index is -0.917. The van der Waals surface area contributed by atoms with Gasteiger partial charge in [-0.05, 0) is 73.1 Å². The summed E-state index contributed by atoms with van der Waals surface area (Å²) in [6, 6.07) is 21.1. The van der Waals surface area contributed by atoms with E-state index >= 15 is 0 Å². The predicted molar refractivity (Wildman–Crippen MR) is 195 cm³/mol. The average Bonchev–Trinajstić information content (AvgIpc) is 3.70. The number of aliphatic hydroxyl groups is 2. The van der Waals surface area contributed by atoms with Crippen molar-refractivity contribution in [1.82, 2.24) is 5.32 Å². The number of aryl methyl sites for hydroxylation is 1. The summed E-state index contributed by atoms with van der Waals surface area (Å²) < 4.78 is 14.1. The van der Waals surface area contributed by atoms with E-state index in [0.29, 0.717) is 37.6 Å². The molecule has 3 aliphatic heterocycles. The molecule has 0 spiro atoms. The van der Waals surface area contributed by atoms with Crippen molar-refractivity contribution in [3.63, 3.8) is 0 Å². The molecule has 7 rings (SSSR count). The number of nitrogens with zero attached hydrogens (tertiary/aromatic N) is 1. The number of phenols is 1. The van der Waals surface area contributed by atoms with Crippen LogP contribution in [0.5, 0.6) is 11.5 Å². The number of carbonyl (C=O) groups is 1. The Bertz CT molecular complexity index is 1560. The Morgan fingerprint density at radius 1 is 1.00 bits per heavy atom. The second kappa shape index (κ2) is 16.3. The molecule has 3 saturated heterocycles. The quantitative estimate of drug-likeness (QED) is 0.0502. The molecule has 1 amide bonds. The van der Waals surface area contributed by atoms with Crippen LogP contribution in [0.1, 0.15) is 86.3 Å². The van der Waals surface area contributed by atoms with Gasteiger partial charge in [0.1, 0.15) is 29.7 Å². The van der Waals surface area contributed by atoms with Crippen LogP contribution in [0.4, 0.5) is 5.69 Å². The fourth-order valence-corrected chi connectivity index (χ4v) is 8.68. The molecule has 4 aliphatic rings. The number of rotatable bonds is 17. The topological polar surface area (TPSA) is 120 Å². The van der Waals surface area contributed by atoms with E-state index in [0.717, 1.165) is 59.3 Å². The number of aromatic hydroxyl groups is 1. The van der Waals surface area contributed by atoms with Crippen LogP contribution < -0.4 is 15.4 Å². The van der Waals surface area contributed by atoms with Gasteiger partial charge in [0, 0.05) is 37.8 Å². The predicted octanol–water partition coefficient (Wildman–Crippen LogP) is 6.13. The van der Waals surface area contributed by atoms with Crippen molar-refractivity contribution < 1.29 is 34.1 Å². The molecule has 270 valence electrons. The van der Waals surface area contributed by atoms with Gasteiger partial charge in [0.05, 0.1) is 44.6 Å². The van der Waals surface area contributed by atoms with Crippen LogP contribution in [-0.2, 0) is 15.1 Å². The first-order chi connectivity index (χ1) is 24.2. The number of hydrogen-bond acceptors (Lipinski definition) is 7. The highest BCUT2D eigenvalue weighted by Gasteiger charge is 2.48. The SMILES string of the molecule is Cc1cc([C@@H](C)NC[C@H](O)c2ccc(O)c(NC=O)c2)ccc1OCCC[N+]12CCC(CC1)[C@@H](OCC(O)(c1ccccc1)C1CCCC1)C2. The van der Waals surface area contributed by atoms with Gasteiger partial charge in [-0.3, -0.25) is 4.79 Å². The van der Waals surface area contributed by atoms with Crippen molar-refractivity contribution in [2.24, 2.45) is 11.8 Å². The highest BCUT2D eigenvalue weighted by molar-refractivity contribution is 5.75. The van der Waals surface area contributed by atoms with Crippen LogP contribution in [0.25, 0.3) is 0 Å². The molecule has 9 nitrogen and oxygen atoms in total. The molecular formula is C41H56N3O6+. The van der Waals surface area contributed by atoms with Gasteiger partial charge in [0.15, 0.2) is 0 Å². The Hall–Kier alpha value is -3.47. The molecule has 1 aliphatic carbocycles. The van der Waals surface area contributed by atoms with E-state index in [1.54, 1.807) is 12.1 Å². The average molecular weight is 687 g/mol. The summed E-state index contributed by atoms with van der Waals surface area (Å²) in [7, 11) is 0. The van der Waals surface area contributed by atoms with Crippen LogP contribution in [-0.4, -0.2) is 78.3 Å². The van der Waals surface area contributed by atoms with Gasteiger partial charge in [-0.1, -0.05) is 61.4 Å². The molecule has 4 atom stereocenters. The van der Waals surface area contributed by atoms with Gasteiger partial charge in [-0.25, -0.2) is 0 Å². The zero-order valence-electron chi connectivity index (χ0n) is 29.7. The first kappa shape index (κ1) is 36.3. The van der Waals surface area contributed by atoms with E-state index in [1.165, 1.54) is 44.8 Å². The van der Waals surface area contributed by atoms with E-state index in [4.69, 9.17) is 9.47 Å². The summed E-state index contributed by atoms with van der Waals surface area (Å²) in [5, 5.41) is 38.5. The number of hydrogen-bond donors (Lipinski definition) is 5. The monoisotopic (exact) mass is 686 g/mol. The lowest BCUT2D eigenvalue weighted by Crippen LogP contribution is -2.65. The molecule has 9 heteroatoms. The smallest absolute Gasteiger partial charge is 0.211 e. The van der Waals surface area contributed by atoms with Crippen LogP contribution in [0.15, 0.2) is 66.7 Å². The van der Waals surface area contributed by atoms with Crippen molar-refractivity contribution in [3.05, 3.63) is 89.0 Å². The summed E-state index contributed by atoms with van der Waals surface area (Å²) in [4.78, 5) is 10.8. The van der Waals surface area contributed by atoms with Gasteiger partial charge in [-0.2, -0.15) is 0 Å². The third kappa shape index (κ3) is 8.35. The van der Waals surface area contributed by atoms with Crippen LogP contribution in [0.2, 0.25) is 0 Å². The van der Waals surface area contributed by atoms with Crippen molar-refractivity contribution in [2.75, 3.05) is 51.3 Å². The molecule has 5 N–H and O–H groups in total. The maximum Gasteiger partial charge on any atom is 0.211 e. The highest BCUT2D eigenvalue weighted by Crippen LogP contribution is 2.43. The Kier molecular flexibility index (Phi) is 11.8. The second-order valence-electron chi connectivity index (χ2n) is 15.1. The summed E-state index contributed by atoms with van der Waals surface area (Å²) in [6.07, 6.45) is 7.75. The summed E-state index contributed by atoms with van der Waals surface area (Å²) in [5.74, 6) is 1.69. The van der Waals surface area contributed by atoms with Crippen molar-refractivity contribution >= 4 is 12.1 Å². The largest absolute Gasteiger partial charge is 0.506 e. The number of anilines is 1. The molecular weight excluding hydrogens is 630 g/mol. The highest BCUT2D eigenvalue weighted by atomic mass is 16.5. The fourth-order valence-electron chi connectivity index (χ4n) is 8.68. The van der Waals surface area contributed by atoms with Crippen molar-refractivity contribution in [1.29, 1.82) is 0 Å². The van der Waals surface area contributed by atoms with Gasteiger partial charge < -0.3 is 39.9 Å². The molecule has 0 radical (unpaired) electrons. The molecule has 3 aromatic carbocycles. The molecule has 4 fully saturated rings. The molecule has 2 bridgehead atoms. The van der Waals surface area contributed by atoms with Gasteiger partial charge >= 0.3 is 0 Å². The van der Waals surface area contributed by atoms with E-state index < -0.39 is 11.7 Å². The molecule has 0 aromatic heterocycles. The normalized spacial score (nSPS) is 24.4. The third-order valence-electron chi connectivity index (χ3n) is 11.8. The molecule has 3 heterocycles. The first-order valence-electron chi connectivity index (χ1n) is 18.6. The van der Waals surface area contributed by atoms with Crippen molar-refractivity contribution in [3.8, 4) is 11.5 Å². The maximum absolute atomic E-state index is 12.0. The van der Waals surface area contributed by atoms with Crippen LogP contribution in [0.3, 0.4) is 0 Å². The number of benzene rings is 3. The second-order valence-corrected chi connectivity index (χ2v) is 15.1. The number of fused-ring (bicyclic) bond motifs is 3. The Balaban J connectivity index is 0.971. The van der Waals surface area contributed by atoms with Crippen LogP contribution >= 0.6 is 0 Å². The van der Waals surface area contributed by atoms with Gasteiger partial charge in [0.25, 0.3) is 0 Å². The number of carbonyl (C=O) groups excluding carboxylic acids is 1. The van der Waals surface area contributed by atoms with E-state index in [-0.39, 0.29) is 29.5 Å². The summed E-state index contributed by atoms with van der Waals surface area (Å²) in [5.41, 5.74) is 3.12.